The minimum absolute atomic E-state index is 0.0764. The summed E-state index contributed by atoms with van der Waals surface area (Å²) in [6.45, 7) is 2.33. The van der Waals surface area contributed by atoms with Crippen LogP contribution < -0.4 is 15.0 Å². The Morgan fingerprint density at radius 1 is 1.15 bits per heavy atom. The van der Waals surface area contributed by atoms with Gasteiger partial charge in [-0.05, 0) is 55.0 Å². The summed E-state index contributed by atoms with van der Waals surface area (Å²) in [4.78, 5) is 38.0. The van der Waals surface area contributed by atoms with Crippen LogP contribution in [-0.2, 0) is 9.59 Å². The average molecular weight is 387 g/mol. The van der Waals surface area contributed by atoms with Crippen molar-refractivity contribution in [2.75, 3.05) is 11.5 Å². The molecule has 27 heavy (non-hydrogen) atoms. The number of amides is 4. The molecule has 0 atom stereocenters. The van der Waals surface area contributed by atoms with Gasteiger partial charge >= 0.3 is 6.03 Å². The summed E-state index contributed by atoms with van der Waals surface area (Å²) in [5.74, 6) is -1.10. The van der Waals surface area contributed by atoms with Crippen molar-refractivity contribution in [3.05, 3.63) is 58.6 Å². The second-order valence-electron chi connectivity index (χ2n) is 5.60. The highest BCUT2D eigenvalue weighted by Gasteiger charge is 2.36. The molecule has 8 heteroatoms. The number of barbiturate groups is 1. The van der Waals surface area contributed by atoms with E-state index in [2.05, 4.69) is 5.32 Å². The van der Waals surface area contributed by atoms with Crippen molar-refractivity contribution >= 4 is 41.2 Å². The maximum Gasteiger partial charge on any atom is 0.335 e. The smallest absolute Gasteiger partial charge is 0.335 e. The highest BCUT2D eigenvalue weighted by Crippen LogP contribution is 2.27. The maximum atomic E-state index is 12.8. The number of anilines is 1. The highest BCUT2D eigenvalue weighted by atomic mass is 35.5. The number of aromatic hydroxyl groups is 1. The molecular weight excluding hydrogens is 372 g/mol. The molecule has 0 saturated carbocycles. The van der Waals surface area contributed by atoms with Crippen molar-refractivity contribution in [2.45, 2.75) is 6.92 Å². The van der Waals surface area contributed by atoms with Crippen molar-refractivity contribution in [1.82, 2.24) is 5.32 Å². The van der Waals surface area contributed by atoms with Crippen LogP contribution in [0, 0.1) is 0 Å². The fourth-order valence-corrected chi connectivity index (χ4v) is 2.72. The zero-order valence-electron chi connectivity index (χ0n) is 14.2. The summed E-state index contributed by atoms with van der Waals surface area (Å²) in [7, 11) is 0. The lowest BCUT2D eigenvalue weighted by atomic mass is 10.1. The third kappa shape index (κ3) is 3.78. The topological polar surface area (TPSA) is 95.9 Å². The first kappa shape index (κ1) is 18.5. The fourth-order valence-electron chi connectivity index (χ4n) is 2.53. The van der Waals surface area contributed by atoms with Crippen molar-refractivity contribution in [2.24, 2.45) is 0 Å². The molecular formula is C19H15ClN2O5. The summed E-state index contributed by atoms with van der Waals surface area (Å²) in [5, 5.41) is 11.7. The summed E-state index contributed by atoms with van der Waals surface area (Å²) < 4.78 is 5.34. The molecule has 1 heterocycles. The quantitative estimate of drug-likeness (QED) is 0.621. The molecule has 1 saturated heterocycles. The van der Waals surface area contributed by atoms with Gasteiger partial charge in [0.05, 0.1) is 17.3 Å². The second kappa shape index (κ2) is 7.51. The van der Waals surface area contributed by atoms with Gasteiger partial charge in [-0.25, -0.2) is 9.69 Å². The van der Waals surface area contributed by atoms with Gasteiger partial charge in [0.15, 0.2) is 0 Å². The largest absolute Gasteiger partial charge is 0.506 e. The molecule has 2 aromatic carbocycles. The van der Waals surface area contributed by atoms with E-state index in [-0.39, 0.29) is 16.3 Å². The molecule has 1 aliphatic heterocycles. The van der Waals surface area contributed by atoms with Crippen LogP contribution in [0.15, 0.2) is 48.0 Å². The molecule has 1 fully saturated rings. The molecule has 0 bridgehead atoms. The SMILES string of the molecule is CCOc1ccc(N2C(=O)NC(=O)/C(=C\c3ccc(O)c(Cl)c3)C2=O)cc1. The Morgan fingerprint density at radius 3 is 2.48 bits per heavy atom. The number of hydrogen-bond donors (Lipinski definition) is 2. The first-order valence-electron chi connectivity index (χ1n) is 8.03. The van der Waals surface area contributed by atoms with Gasteiger partial charge in [-0.3, -0.25) is 14.9 Å². The minimum Gasteiger partial charge on any atom is -0.506 e. The van der Waals surface area contributed by atoms with E-state index in [1.807, 2.05) is 6.92 Å². The van der Waals surface area contributed by atoms with Crippen LogP contribution in [0.2, 0.25) is 5.02 Å². The summed E-state index contributed by atoms with van der Waals surface area (Å²) >= 11 is 5.85. The van der Waals surface area contributed by atoms with E-state index in [0.29, 0.717) is 23.6 Å². The first-order chi connectivity index (χ1) is 12.9. The van der Waals surface area contributed by atoms with Gasteiger partial charge in [0.2, 0.25) is 0 Å². The van der Waals surface area contributed by atoms with Crippen LogP contribution in [0.4, 0.5) is 10.5 Å². The van der Waals surface area contributed by atoms with Gasteiger partial charge in [0.1, 0.15) is 17.1 Å². The van der Waals surface area contributed by atoms with Crippen LogP contribution in [0.3, 0.4) is 0 Å². The van der Waals surface area contributed by atoms with E-state index in [1.54, 1.807) is 24.3 Å². The number of carbonyl (C=O) groups excluding carboxylic acids is 3. The van der Waals surface area contributed by atoms with Gasteiger partial charge < -0.3 is 9.84 Å². The summed E-state index contributed by atoms with van der Waals surface area (Å²) in [5.41, 5.74) is 0.491. The lowest BCUT2D eigenvalue weighted by Crippen LogP contribution is -2.54. The number of carbonyl (C=O) groups is 3. The predicted molar refractivity (Wildman–Crippen MR) is 99.7 cm³/mol. The van der Waals surface area contributed by atoms with E-state index in [4.69, 9.17) is 16.3 Å². The van der Waals surface area contributed by atoms with Gasteiger partial charge in [-0.2, -0.15) is 0 Å². The van der Waals surface area contributed by atoms with E-state index in [1.165, 1.54) is 24.3 Å². The normalized spacial score (nSPS) is 15.9. The molecule has 4 amide bonds. The average Bonchev–Trinajstić information content (AvgIpc) is 2.63. The second-order valence-corrected chi connectivity index (χ2v) is 6.00. The number of hydrogen-bond acceptors (Lipinski definition) is 5. The van der Waals surface area contributed by atoms with Crippen LogP contribution in [0.1, 0.15) is 12.5 Å². The molecule has 0 unspecified atom stereocenters. The summed E-state index contributed by atoms with van der Waals surface area (Å²) in [6.07, 6.45) is 1.30. The molecule has 0 aliphatic carbocycles. The number of imide groups is 2. The Labute approximate surface area is 159 Å². The van der Waals surface area contributed by atoms with E-state index >= 15 is 0 Å². The number of ether oxygens (including phenoxy) is 1. The number of nitrogens with one attached hydrogen (secondary N) is 1. The van der Waals surface area contributed by atoms with Crippen LogP contribution in [0.25, 0.3) is 6.08 Å². The Balaban J connectivity index is 1.95. The van der Waals surface area contributed by atoms with E-state index in [9.17, 15) is 19.5 Å². The van der Waals surface area contributed by atoms with Crippen molar-refractivity contribution in [3.8, 4) is 11.5 Å². The zero-order chi connectivity index (χ0) is 19.6. The molecule has 1 aliphatic rings. The van der Waals surface area contributed by atoms with Gasteiger partial charge in [0.25, 0.3) is 11.8 Å². The zero-order valence-corrected chi connectivity index (χ0v) is 15.0. The molecule has 0 spiro atoms. The van der Waals surface area contributed by atoms with Gasteiger partial charge in [-0.15, -0.1) is 0 Å². The van der Waals surface area contributed by atoms with E-state index in [0.717, 1.165) is 4.90 Å². The van der Waals surface area contributed by atoms with Crippen molar-refractivity contribution in [1.29, 1.82) is 0 Å². The van der Waals surface area contributed by atoms with Gasteiger partial charge in [-0.1, -0.05) is 17.7 Å². The number of phenols is 1. The Morgan fingerprint density at radius 2 is 1.85 bits per heavy atom. The van der Waals surface area contributed by atoms with Crippen molar-refractivity contribution in [3.63, 3.8) is 0 Å². The third-order valence-electron chi connectivity index (χ3n) is 3.79. The lowest BCUT2D eigenvalue weighted by molar-refractivity contribution is -0.122. The standard InChI is InChI=1S/C19H15ClN2O5/c1-2-27-13-6-4-12(5-7-13)22-18(25)14(17(24)21-19(22)26)9-11-3-8-16(23)15(20)10-11/h3-10,23H,2H2,1H3,(H,21,24,26)/b14-9+. The van der Waals surface area contributed by atoms with E-state index < -0.39 is 17.8 Å². The number of rotatable bonds is 4. The molecule has 2 aromatic rings. The number of urea groups is 1. The Bertz CT molecular complexity index is 953. The van der Waals surface area contributed by atoms with Crippen LogP contribution >= 0.6 is 11.6 Å². The lowest BCUT2D eigenvalue weighted by Gasteiger charge is -2.26. The monoisotopic (exact) mass is 386 g/mol. The van der Waals surface area contributed by atoms with Crippen LogP contribution in [-0.4, -0.2) is 29.6 Å². The number of nitrogens with zero attached hydrogens (tertiary/aromatic N) is 1. The maximum absolute atomic E-state index is 12.8. The molecule has 0 radical (unpaired) electrons. The summed E-state index contributed by atoms with van der Waals surface area (Å²) in [6, 6.07) is 9.75. The number of benzene rings is 2. The molecule has 2 N–H and O–H groups in total. The molecule has 0 aromatic heterocycles. The first-order valence-corrected chi connectivity index (χ1v) is 8.41. The van der Waals surface area contributed by atoms with Crippen molar-refractivity contribution < 1.29 is 24.2 Å². The Kier molecular flexibility index (Phi) is 5.14. The predicted octanol–water partition coefficient (Wildman–Crippen LogP) is 3.11. The molecule has 7 nitrogen and oxygen atoms in total. The number of phenolic OH excluding ortho intramolecular Hbond substituents is 1. The molecule has 3 rings (SSSR count). The molecule has 138 valence electrons. The fraction of sp³-hybridized carbons (Fsp3) is 0.105. The van der Waals surface area contributed by atoms with Gasteiger partial charge in [0, 0.05) is 0 Å². The minimum atomic E-state index is -0.838. The number of halogens is 1. The Hall–Kier alpha value is -3.32. The highest BCUT2D eigenvalue weighted by molar-refractivity contribution is 6.39. The third-order valence-corrected chi connectivity index (χ3v) is 4.09. The van der Waals surface area contributed by atoms with Crippen LogP contribution in [0.5, 0.6) is 11.5 Å².